The van der Waals surface area contributed by atoms with Gasteiger partial charge in [0, 0.05) is 5.69 Å². The first-order chi connectivity index (χ1) is 12.2. The standard InChI is InChI=1S/C20H18N2O3/c1-3-13-5-4-6-14(10-13)21-20(23)18-16-11-24-17-8-7-12(2)9-15(17)19(16)25-22-18/h4-10H,3,11H2,1-2H3,(H,21,23). The van der Waals surface area contributed by atoms with Gasteiger partial charge in [-0.15, -0.1) is 0 Å². The summed E-state index contributed by atoms with van der Waals surface area (Å²) in [5.41, 5.74) is 4.78. The number of hydrogen-bond acceptors (Lipinski definition) is 4. The highest BCUT2D eigenvalue weighted by Gasteiger charge is 2.28. The molecule has 1 amide bonds. The van der Waals surface area contributed by atoms with Gasteiger partial charge < -0.3 is 14.6 Å². The van der Waals surface area contributed by atoms with Gasteiger partial charge in [-0.1, -0.05) is 35.8 Å². The molecule has 1 aromatic heterocycles. The van der Waals surface area contributed by atoms with Gasteiger partial charge >= 0.3 is 0 Å². The first-order valence-electron chi connectivity index (χ1n) is 8.28. The van der Waals surface area contributed by atoms with Crippen molar-refractivity contribution in [2.24, 2.45) is 0 Å². The predicted octanol–water partition coefficient (Wildman–Crippen LogP) is 4.36. The fourth-order valence-electron chi connectivity index (χ4n) is 2.99. The molecule has 0 atom stereocenters. The van der Waals surface area contributed by atoms with E-state index in [4.69, 9.17) is 9.26 Å². The number of benzene rings is 2. The topological polar surface area (TPSA) is 64.4 Å². The molecular weight excluding hydrogens is 316 g/mol. The lowest BCUT2D eigenvalue weighted by Crippen LogP contribution is -2.16. The molecule has 2 heterocycles. The van der Waals surface area contributed by atoms with Crippen LogP contribution in [0.25, 0.3) is 11.3 Å². The molecule has 126 valence electrons. The molecule has 0 saturated carbocycles. The van der Waals surface area contributed by atoms with Gasteiger partial charge in [-0.05, 0) is 43.2 Å². The molecule has 0 aliphatic carbocycles. The molecule has 1 N–H and O–H groups in total. The molecule has 1 aliphatic rings. The van der Waals surface area contributed by atoms with Crippen molar-refractivity contribution in [2.75, 3.05) is 5.32 Å². The van der Waals surface area contributed by atoms with Crippen LogP contribution in [0.1, 0.15) is 34.1 Å². The lowest BCUT2D eigenvalue weighted by molar-refractivity contribution is 0.101. The maximum Gasteiger partial charge on any atom is 0.278 e. The molecule has 2 aromatic carbocycles. The van der Waals surface area contributed by atoms with Gasteiger partial charge in [-0.2, -0.15) is 0 Å². The lowest BCUT2D eigenvalue weighted by atomic mass is 10.0. The average molecular weight is 334 g/mol. The third-order valence-corrected chi connectivity index (χ3v) is 4.35. The monoisotopic (exact) mass is 334 g/mol. The average Bonchev–Trinajstić information content (AvgIpc) is 3.06. The van der Waals surface area contributed by atoms with E-state index in [9.17, 15) is 4.79 Å². The van der Waals surface area contributed by atoms with Crippen LogP contribution in [0.5, 0.6) is 5.75 Å². The predicted molar refractivity (Wildman–Crippen MR) is 94.8 cm³/mol. The number of nitrogens with one attached hydrogen (secondary N) is 1. The van der Waals surface area contributed by atoms with Crippen LogP contribution in [-0.2, 0) is 13.0 Å². The smallest absolute Gasteiger partial charge is 0.278 e. The number of rotatable bonds is 3. The van der Waals surface area contributed by atoms with Gasteiger partial charge in [-0.25, -0.2) is 0 Å². The quantitative estimate of drug-likeness (QED) is 0.773. The number of anilines is 1. The van der Waals surface area contributed by atoms with E-state index in [1.165, 1.54) is 0 Å². The minimum Gasteiger partial charge on any atom is -0.488 e. The fourth-order valence-corrected chi connectivity index (χ4v) is 2.99. The van der Waals surface area contributed by atoms with Crippen LogP contribution in [0.15, 0.2) is 47.0 Å². The van der Waals surface area contributed by atoms with Crippen molar-refractivity contribution in [2.45, 2.75) is 26.9 Å². The summed E-state index contributed by atoms with van der Waals surface area (Å²) in [7, 11) is 0. The number of fused-ring (bicyclic) bond motifs is 3. The number of carbonyl (C=O) groups excluding carboxylic acids is 1. The van der Waals surface area contributed by atoms with Gasteiger partial charge in [0.25, 0.3) is 5.91 Å². The molecule has 0 spiro atoms. The molecule has 0 saturated heterocycles. The van der Waals surface area contributed by atoms with E-state index in [1.807, 2.05) is 49.4 Å². The van der Waals surface area contributed by atoms with E-state index in [-0.39, 0.29) is 18.2 Å². The summed E-state index contributed by atoms with van der Waals surface area (Å²) in [6, 6.07) is 13.6. The Morgan fingerprint density at radius 2 is 2.12 bits per heavy atom. The van der Waals surface area contributed by atoms with Crippen molar-refractivity contribution < 1.29 is 14.1 Å². The van der Waals surface area contributed by atoms with Crippen molar-refractivity contribution in [3.05, 3.63) is 64.8 Å². The number of aryl methyl sites for hydroxylation is 2. The maximum absolute atomic E-state index is 12.6. The van der Waals surface area contributed by atoms with Crippen LogP contribution in [0.2, 0.25) is 0 Å². The van der Waals surface area contributed by atoms with Crippen LogP contribution >= 0.6 is 0 Å². The number of nitrogens with zero attached hydrogens (tertiary/aromatic N) is 1. The Kier molecular flexibility index (Phi) is 3.76. The summed E-state index contributed by atoms with van der Waals surface area (Å²) in [6.07, 6.45) is 0.910. The van der Waals surface area contributed by atoms with E-state index in [2.05, 4.69) is 17.4 Å². The summed E-state index contributed by atoms with van der Waals surface area (Å²) in [4.78, 5) is 12.6. The molecule has 5 heteroatoms. The summed E-state index contributed by atoms with van der Waals surface area (Å²) < 4.78 is 11.2. The van der Waals surface area contributed by atoms with E-state index in [0.717, 1.165) is 34.5 Å². The molecule has 5 nitrogen and oxygen atoms in total. The summed E-state index contributed by atoms with van der Waals surface area (Å²) in [5.74, 6) is 1.06. The van der Waals surface area contributed by atoms with Crippen molar-refractivity contribution in [3.8, 4) is 17.1 Å². The minimum absolute atomic E-state index is 0.268. The highest BCUT2D eigenvalue weighted by atomic mass is 16.5. The number of aromatic nitrogens is 1. The molecule has 0 unspecified atom stereocenters. The molecule has 3 aromatic rings. The third kappa shape index (κ3) is 2.78. The Labute approximate surface area is 145 Å². The Bertz CT molecular complexity index is 959. The lowest BCUT2D eigenvalue weighted by Gasteiger charge is -2.16. The summed E-state index contributed by atoms with van der Waals surface area (Å²) in [5, 5.41) is 6.89. The largest absolute Gasteiger partial charge is 0.488 e. The van der Waals surface area contributed by atoms with Gasteiger partial charge in [-0.3, -0.25) is 4.79 Å². The molecule has 25 heavy (non-hydrogen) atoms. The van der Waals surface area contributed by atoms with Crippen LogP contribution in [-0.4, -0.2) is 11.1 Å². The number of amides is 1. The molecule has 1 aliphatic heterocycles. The molecular formula is C20H18N2O3. The first kappa shape index (κ1) is 15.4. The Morgan fingerprint density at radius 3 is 2.96 bits per heavy atom. The van der Waals surface area contributed by atoms with Gasteiger partial charge in [0.2, 0.25) is 0 Å². The van der Waals surface area contributed by atoms with Gasteiger partial charge in [0.1, 0.15) is 12.4 Å². The van der Waals surface area contributed by atoms with Crippen molar-refractivity contribution in [3.63, 3.8) is 0 Å². The first-order valence-corrected chi connectivity index (χ1v) is 8.28. The summed E-state index contributed by atoms with van der Waals surface area (Å²) in [6.45, 7) is 4.34. The molecule has 0 fully saturated rings. The van der Waals surface area contributed by atoms with Crippen LogP contribution in [0.4, 0.5) is 5.69 Å². The number of hydrogen-bond donors (Lipinski definition) is 1. The summed E-state index contributed by atoms with van der Waals surface area (Å²) >= 11 is 0. The normalized spacial score (nSPS) is 12.1. The van der Waals surface area contributed by atoms with E-state index < -0.39 is 0 Å². The number of carbonyl (C=O) groups is 1. The van der Waals surface area contributed by atoms with Crippen LogP contribution in [0, 0.1) is 6.92 Å². The Balaban J connectivity index is 1.66. The molecule has 0 radical (unpaired) electrons. The van der Waals surface area contributed by atoms with E-state index in [0.29, 0.717) is 11.3 Å². The van der Waals surface area contributed by atoms with Crippen molar-refractivity contribution in [1.29, 1.82) is 0 Å². The second-order valence-electron chi connectivity index (χ2n) is 6.14. The molecule has 4 rings (SSSR count). The SMILES string of the molecule is CCc1cccc(NC(=O)c2noc3c2COc2ccc(C)cc2-3)c1. The van der Waals surface area contributed by atoms with Gasteiger partial charge in [0.05, 0.1) is 11.1 Å². The van der Waals surface area contributed by atoms with Crippen molar-refractivity contribution in [1.82, 2.24) is 5.16 Å². The second kappa shape index (κ2) is 6.09. The van der Waals surface area contributed by atoms with Crippen LogP contribution in [0.3, 0.4) is 0 Å². The fraction of sp³-hybridized carbons (Fsp3) is 0.200. The van der Waals surface area contributed by atoms with Crippen molar-refractivity contribution >= 4 is 11.6 Å². The van der Waals surface area contributed by atoms with Gasteiger partial charge in [0.15, 0.2) is 11.5 Å². The zero-order valence-corrected chi connectivity index (χ0v) is 14.1. The zero-order chi connectivity index (χ0) is 17.4. The highest BCUT2D eigenvalue weighted by molar-refractivity contribution is 6.04. The second-order valence-corrected chi connectivity index (χ2v) is 6.14. The third-order valence-electron chi connectivity index (χ3n) is 4.35. The van der Waals surface area contributed by atoms with Crippen LogP contribution < -0.4 is 10.1 Å². The minimum atomic E-state index is -0.294. The number of ether oxygens (including phenoxy) is 1. The van der Waals surface area contributed by atoms with E-state index in [1.54, 1.807) is 0 Å². The zero-order valence-electron chi connectivity index (χ0n) is 14.1. The Morgan fingerprint density at radius 1 is 1.24 bits per heavy atom. The van der Waals surface area contributed by atoms with E-state index >= 15 is 0 Å². The maximum atomic E-state index is 12.6. The Hall–Kier alpha value is -3.08. The highest BCUT2D eigenvalue weighted by Crippen LogP contribution is 2.39. The molecule has 0 bridgehead atoms.